The van der Waals surface area contributed by atoms with Gasteiger partial charge in [-0.3, -0.25) is 9.32 Å². The number of rotatable bonds is 11. The van der Waals surface area contributed by atoms with Crippen molar-refractivity contribution in [1.82, 2.24) is 0 Å². The van der Waals surface area contributed by atoms with Gasteiger partial charge in [0, 0.05) is 0 Å². The Labute approximate surface area is 160 Å². The number of carbonyl (C=O) groups excluding carboxylic acids is 1. The lowest BCUT2D eigenvalue weighted by Crippen LogP contribution is -2.45. The van der Waals surface area contributed by atoms with E-state index in [-0.39, 0.29) is 0 Å². The number of carbonyl (C=O) groups is 1. The molecule has 0 heterocycles. The smallest absolute Gasteiger partial charge is 0.388 e. The molecule has 0 amide bonds. The average Bonchev–Trinajstić information content (AvgIpc) is 2.45. The number of phosphoric acid groups is 4. The highest BCUT2D eigenvalue weighted by Gasteiger charge is 2.38. The first-order valence-electron chi connectivity index (χ1n) is 6.34. The maximum atomic E-state index is 10.7. The predicted molar refractivity (Wildman–Crippen MR) is 84.2 cm³/mol. The lowest BCUT2D eigenvalue weighted by Gasteiger charge is -2.21. The normalized spacial score (nSPS) is 16.4. The molecule has 11 N–H and O–H groups in total. The summed E-state index contributed by atoms with van der Waals surface area (Å²) >= 11 is 0. The van der Waals surface area contributed by atoms with Gasteiger partial charge in [0.1, 0.15) is 24.9 Å². The molecule has 0 bridgehead atoms. The minimum absolute atomic E-state index is 0.971. The zero-order valence-corrected chi connectivity index (χ0v) is 17.2. The quantitative estimate of drug-likeness (QED) is 0.116. The predicted octanol–water partition coefficient (Wildman–Crippen LogP) is -3.95. The van der Waals surface area contributed by atoms with E-state index in [1.165, 1.54) is 0 Å². The van der Waals surface area contributed by atoms with E-state index in [0.717, 1.165) is 0 Å². The van der Waals surface area contributed by atoms with Crippen molar-refractivity contribution in [2.45, 2.75) is 18.3 Å². The van der Waals surface area contributed by atoms with Crippen molar-refractivity contribution in [3.8, 4) is 0 Å². The molecule has 3 atom stereocenters. The third-order valence-electron chi connectivity index (χ3n) is 2.04. The van der Waals surface area contributed by atoms with Crippen LogP contribution in [0.1, 0.15) is 0 Å². The summed E-state index contributed by atoms with van der Waals surface area (Å²) in [5, 5.41) is 35.6. The first-order chi connectivity index (χ1) is 12.6. The zero-order chi connectivity index (χ0) is 23.8. The van der Waals surface area contributed by atoms with Crippen molar-refractivity contribution in [3.05, 3.63) is 0 Å². The van der Waals surface area contributed by atoms with Crippen LogP contribution in [0.5, 0.6) is 0 Å². The number of hydrogen-bond acceptors (Lipinski definition) is 12. The molecule has 0 spiro atoms. The van der Waals surface area contributed by atoms with Gasteiger partial charge >= 0.3 is 31.3 Å². The molecule has 0 saturated carbocycles. The van der Waals surface area contributed by atoms with Crippen LogP contribution in [0.3, 0.4) is 0 Å². The third kappa shape index (κ3) is 18.5. The average molecular weight is 518 g/mol. The van der Waals surface area contributed by atoms with Crippen molar-refractivity contribution < 1.29 is 90.9 Å². The van der Waals surface area contributed by atoms with Gasteiger partial charge in [-0.25, -0.2) is 18.3 Å². The minimum atomic E-state index is -5.46. The summed E-state index contributed by atoms with van der Waals surface area (Å²) in [7, 11) is -21.0. The molecule has 0 rings (SSSR count). The topological polar surface area (TPSA) is 336 Å². The van der Waals surface area contributed by atoms with Gasteiger partial charge in [0.2, 0.25) is 0 Å². The molecule has 0 aromatic rings. The standard InChI is InChI=1S/C6H13O9P.H5O10P3/c7-1-3(8)5(10)6(11)4(9)2-15-16(12,13)14;1-11(2,3)9-13(7,8)10-12(4,5)6/h4-7,9-11H,1-2H2,(H2,12,13,14);(H,7,8)(H2,1,2,3)(H2,4,5,6)/t4-,5-,6-;/m1./s1. The van der Waals surface area contributed by atoms with Crippen LogP contribution < -0.4 is 0 Å². The van der Waals surface area contributed by atoms with E-state index in [4.69, 9.17) is 54.7 Å². The van der Waals surface area contributed by atoms with Gasteiger partial charge < -0.3 is 54.7 Å². The Hall–Kier alpha value is 0.0300. The monoisotopic (exact) mass is 518 g/mol. The van der Waals surface area contributed by atoms with E-state index >= 15 is 0 Å². The first-order valence-corrected chi connectivity index (χ1v) is 12.4. The molecule has 29 heavy (non-hydrogen) atoms. The Kier molecular flexibility index (Phi) is 13.1. The number of aliphatic hydroxyl groups is 4. The SMILES string of the molecule is O=C(CO)[C@@H](O)[C@H](O)[C@H](O)COP(=O)(O)O.O=P(O)(O)OP(=O)(O)OP(=O)(O)O. The molecule has 0 saturated heterocycles. The van der Waals surface area contributed by atoms with Crippen molar-refractivity contribution in [2.75, 3.05) is 13.2 Å². The maximum Gasteiger partial charge on any atom is 0.490 e. The van der Waals surface area contributed by atoms with Crippen LogP contribution in [0.15, 0.2) is 0 Å². The molecule has 0 fully saturated rings. The van der Waals surface area contributed by atoms with Crippen LogP contribution >= 0.6 is 31.3 Å². The van der Waals surface area contributed by atoms with E-state index in [1.54, 1.807) is 0 Å². The number of aliphatic hydroxyl groups excluding tert-OH is 4. The first kappa shape index (κ1) is 31.2. The minimum Gasteiger partial charge on any atom is -0.388 e. The summed E-state index contributed by atoms with van der Waals surface area (Å²) in [5.74, 6) is -1.14. The maximum absolute atomic E-state index is 10.7. The Morgan fingerprint density at radius 2 is 1.14 bits per heavy atom. The van der Waals surface area contributed by atoms with E-state index in [0.29, 0.717) is 0 Å². The highest BCUT2D eigenvalue weighted by molar-refractivity contribution is 7.66. The lowest BCUT2D eigenvalue weighted by atomic mass is 10.1. The number of hydrogen-bond donors (Lipinski definition) is 11. The van der Waals surface area contributed by atoms with E-state index in [9.17, 15) is 23.1 Å². The summed E-state index contributed by atoms with van der Waals surface area (Å²) in [4.78, 5) is 67.4. The number of Topliss-reactive ketones (excluding diaryl/α,β-unsaturated/α-hetero) is 1. The molecule has 0 aliphatic heterocycles. The van der Waals surface area contributed by atoms with Gasteiger partial charge in [-0.05, 0) is 0 Å². The third-order valence-corrected chi connectivity index (χ3v) is 5.87. The summed E-state index contributed by atoms with van der Waals surface area (Å²) in [6.45, 7) is -2.01. The molecule has 0 aromatic heterocycles. The fourth-order valence-corrected chi connectivity index (χ4v) is 3.94. The van der Waals surface area contributed by atoms with Crippen LogP contribution in [-0.2, 0) is 36.2 Å². The largest absolute Gasteiger partial charge is 0.490 e. The molecule has 19 nitrogen and oxygen atoms in total. The molecule has 0 aliphatic rings. The van der Waals surface area contributed by atoms with Crippen molar-refractivity contribution in [3.63, 3.8) is 0 Å². The summed E-state index contributed by atoms with van der Waals surface area (Å²) in [6.07, 6.45) is -5.94. The summed E-state index contributed by atoms with van der Waals surface area (Å²) in [6, 6.07) is 0. The Morgan fingerprint density at radius 3 is 1.41 bits per heavy atom. The highest BCUT2D eigenvalue weighted by atomic mass is 31.3. The summed E-state index contributed by atoms with van der Waals surface area (Å²) in [5.41, 5.74) is 0. The molecule has 23 heteroatoms. The van der Waals surface area contributed by atoms with E-state index in [1.807, 2.05) is 0 Å². The van der Waals surface area contributed by atoms with Crippen molar-refractivity contribution in [2.24, 2.45) is 0 Å². The molecular weight excluding hydrogens is 500 g/mol. The van der Waals surface area contributed by atoms with Crippen molar-refractivity contribution >= 4 is 37.1 Å². The second kappa shape index (κ2) is 12.2. The van der Waals surface area contributed by atoms with Crippen LogP contribution in [-0.4, -0.2) is 92.0 Å². The second-order valence-electron chi connectivity index (χ2n) is 4.53. The van der Waals surface area contributed by atoms with Gasteiger partial charge in [-0.1, -0.05) is 0 Å². The van der Waals surface area contributed by atoms with Crippen LogP contribution in [0.2, 0.25) is 0 Å². The Balaban J connectivity index is 0. The van der Waals surface area contributed by atoms with Crippen LogP contribution in [0, 0.1) is 0 Å². The van der Waals surface area contributed by atoms with Gasteiger partial charge in [0.25, 0.3) is 0 Å². The summed E-state index contributed by atoms with van der Waals surface area (Å²) < 4.78 is 50.5. The second-order valence-corrected chi connectivity index (χ2v) is 9.97. The number of ketones is 1. The highest BCUT2D eigenvalue weighted by Crippen LogP contribution is 2.64. The fourth-order valence-electron chi connectivity index (χ4n) is 1.05. The van der Waals surface area contributed by atoms with E-state index < -0.39 is 68.6 Å². The van der Waals surface area contributed by atoms with Gasteiger partial charge in [-0.2, -0.15) is 8.62 Å². The molecule has 0 unspecified atom stereocenters. The lowest BCUT2D eigenvalue weighted by molar-refractivity contribution is -0.142. The van der Waals surface area contributed by atoms with E-state index in [2.05, 4.69) is 13.1 Å². The molecule has 0 aromatic carbocycles. The van der Waals surface area contributed by atoms with Gasteiger partial charge in [0.15, 0.2) is 5.78 Å². The fraction of sp³-hybridized carbons (Fsp3) is 0.833. The number of phosphoric ester groups is 1. The van der Waals surface area contributed by atoms with Gasteiger partial charge in [-0.15, -0.1) is 0 Å². The Bertz CT molecular complexity index is 671. The van der Waals surface area contributed by atoms with Crippen molar-refractivity contribution in [1.29, 1.82) is 0 Å². The zero-order valence-electron chi connectivity index (χ0n) is 13.6. The Morgan fingerprint density at radius 1 is 0.759 bits per heavy atom. The molecule has 0 radical (unpaired) electrons. The molecule has 0 aliphatic carbocycles. The molecule has 176 valence electrons. The van der Waals surface area contributed by atoms with Crippen LogP contribution in [0.25, 0.3) is 0 Å². The van der Waals surface area contributed by atoms with Crippen LogP contribution in [0.4, 0.5) is 0 Å². The van der Waals surface area contributed by atoms with Gasteiger partial charge in [0.05, 0.1) is 6.61 Å². The molecular formula is C6H18O19P4.